The number of hydrogen-bond acceptors (Lipinski definition) is 3. The lowest BCUT2D eigenvalue weighted by molar-refractivity contribution is -0.126. The number of nitrogens with zero attached hydrogens (tertiary/aromatic N) is 1. The molecule has 0 radical (unpaired) electrons. The molecule has 1 fully saturated rings. The number of amides is 1. The van der Waals surface area contributed by atoms with Crippen molar-refractivity contribution in [2.75, 3.05) is 13.1 Å². The molecule has 2 atom stereocenters. The van der Waals surface area contributed by atoms with Gasteiger partial charge in [0.05, 0.1) is 17.7 Å². The van der Waals surface area contributed by atoms with Crippen LogP contribution < -0.4 is 5.32 Å². The Morgan fingerprint density at radius 2 is 1.82 bits per heavy atom. The molecule has 4 rings (SSSR count). The van der Waals surface area contributed by atoms with Crippen LogP contribution in [0.5, 0.6) is 0 Å². The summed E-state index contributed by atoms with van der Waals surface area (Å²) in [6.45, 7) is 2.78. The lowest BCUT2D eigenvalue weighted by Gasteiger charge is -2.32. The van der Waals surface area contributed by atoms with Crippen LogP contribution in [0.2, 0.25) is 5.02 Å². The molecule has 33 heavy (non-hydrogen) atoms. The molecule has 178 valence electrons. The smallest absolute Gasteiger partial charge is 0.224 e. The average Bonchev–Trinajstić information content (AvgIpc) is 2.83. The Bertz CT molecular complexity index is 1090. The van der Waals surface area contributed by atoms with Crippen LogP contribution in [-0.4, -0.2) is 31.7 Å². The van der Waals surface area contributed by atoms with Crippen molar-refractivity contribution in [3.05, 3.63) is 69.7 Å². The topological polar surface area (TPSA) is 66.5 Å². The fourth-order valence-electron chi connectivity index (χ4n) is 4.97. The molecule has 5 nitrogen and oxygen atoms in total. The molecule has 0 spiro atoms. The van der Waals surface area contributed by atoms with Gasteiger partial charge in [-0.1, -0.05) is 48.9 Å². The minimum atomic E-state index is -3.50. The molecule has 0 bridgehead atoms. The van der Waals surface area contributed by atoms with Crippen LogP contribution in [0.4, 0.5) is 0 Å². The van der Waals surface area contributed by atoms with E-state index in [1.165, 1.54) is 28.3 Å². The molecule has 1 heterocycles. The summed E-state index contributed by atoms with van der Waals surface area (Å²) in [5, 5.41) is 3.79. The number of hydrogen-bond donors (Lipinski definition) is 1. The molecule has 1 aliphatic heterocycles. The van der Waals surface area contributed by atoms with Gasteiger partial charge < -0.3 is 5.32 Å². The quantitative estimate of drug-likeness (QED) is 0.594. The van der Waals surface area contributed by atoms with Crippen molar-refractivity contribution < 1.29 is 13.2 Å². The van der Waals surface area contributed by atoms with Gasteiger partial charge in [0.25, 0.3) is 0 Å². The standard InChI is InChI=1S/C26H33ClN2O3S/c1-2-25(22-12-11-20-6-3-4-7-21(20)16-22)28-26(30)23-8-5-15-29(17-23)33(31,32)18-19-9-13-24(27)14-10-19/h9-14,16,23,25H,2-8,15,17-18H2,1H3,(H,28,30)/t23-,25+/m0/s1. The van der Waals surface area contributed by atoms with E-state index in [1.807, 2.05) is 0 Å². The Balaban J connectivity index is 1.41. The average molecular weight is 489 g/mol. The van der Waals surface area contributed by atoms with Crippen LogP contribution in [0, 0.1) is 5.92 Å². The van der Waals surface area contributed by atoms with Crippen LogP contribution in [0.25, 0.3) is 0 Å². The Labute approximate surface area is 202 Å². The Morgan fingerprint density at radius 3 is 2.55 bits per heavy atom. The fraction of sp³-hybridized carbons (Fsp3) is 0.500. The van der Waals surface area contributed by atoms with E-state index >= 15 is 0 Å². The van der Waals surface area contributed by atoms with E-state index in [0.29, 0.717) is 30.0 Å². The Kier molecular flexibility index (Phi) is 7.77. The Morgan fingerprint density at radius 1 is 1.09 bits per heavy atom. The van der Waals surface area contributed by atoms with Gasteiger partial charge in [0.1, 0.15) is 0 Å². The zero-order valence-corrected chi connectivity index (χ0v) is 20.8. The third-order valence-corrected chi connectivity index (χ3v) is 8.98. The molecular formula is C26H33ClN2O3S. The van der Waals surface area contributed by atoms with Crippen LogP contribution in [-0.2, 0) is 33.4 Å². The van der Waals surface area contributed by atoms with Gasteiger partial charge in [-0.3, -0.25) is 4.79 Å². The van der Waals surface area contributed by atoms with E-state index < -0.39 is 10.0 Å². The summed E-state index contributed by atoms with van der Waals surface area (Å²) in [7, 11) is -3.50. The molecule has 2 aliphatic rings. The SMILES string of the molecule is CC[C@@H](NC(=O)[C@H]1CCCN(S(=O)(=O)Cc2ccc(Cl)cc2)C1)c1ccc2c(c1)CCCC2. The first kappa shape index (κ1) is 24.2. The van der Waals surface area contributed by atoms with Crippen LogP contribution in [0.15, 0.2) is 42.5 Å². The monoisotopic (exact) mass is 488 g/mol. The summed E-state index contributed by atoms with van der Waals surface area (Å²) in [6.07, 6.45) is 6.92. The molecular weight excluding hydrogens is 456 g/mol. The summed E-state index contributed by atoms with van der Waals surface area (Å²) in [4.78, 5) is 13.2. The van der Waals surface area contributed by atoms with Gasteiger partial charge in [-0.05, 0) is 79.3 Å². The molecule has 2 aromatic carbocycles. The van der Waals surface area contributed by atoms with Gasteiger partial charge in [0.15, 0.2) is 0 Å². The second-order valence-corrected chi connectivity index (χ2v) is 11.7. The number of sulfonamides is 1. The van der Waals surface area contributed by atoms with E-state index in [0.717, 1.165) is 24.8 Å². The number of rotatable bonds is 7. The summed E-state index contributed by atoms with van der Waals surface area (Å²) >= 11 is 5.91. The van der Waals surface area contributed by atoms with E-state index in [-0.39, 0.29) is 30.2 Å². The van der Waals surface area contributed by atoms with Crippen molar-refractivity contribution in [3.8, 4) is 0 Å². The summed E-state index contributed by atoms with van der Waals surface area (Å²) in [5.41, 5.74) is 4.68. The third kappa shape index (κ3) is 5.97. The predicted octanol–water partition coefficient (Wildman–Crippen LogP) is 5.03. The van der Waals surface area contributed by atoms with E-state index in [4.69, 9.17) is 11.6 Å². The van der Waals surface area contributed by atoms with Gasteiger partial charge in [-0.25, -0.2) is 12.7 Å². The van der Waals surface area contributed by atoms with Crippen LogP contribution >= 0.6 is 11.6 Å². The van der Waals surface area contributed by atoms with Crippen molar-refractivity contribution in [1.29, 1.82) is 0 Å². The molecule has 1 amide bonds. The van der Waals surface area contributed by atoms with Crippen molar-refractivity contribution >= 4 is 27.5 Å². The number of aryl methyl sites for hydroxylation is 2. The second kappa shape index (κ2) is 10.6. The van der Waals surface area contributed by atoms with E-state index in [9.17, 15) is 13.2 Å². The first-order valence-electron chi connectivity index (χ1n) is 12.0. The number of piperidine rings is 1. The molecule has 2 aromatic rings. The van der Waals surface area contributed by atoms with Gasteiger partial charge >= 0.3 is 0 Å². The molecule has 0 aromatic heterocycles. The zero-order chi connectivity index (χ0) is 23.4. The number of fused-ring (bicyclic) bond motifs is 1. The largest absolute Gasteiger partial charge is 0.349 e. The number of halogens is 1. The molecule has 1 aliphatic carbocycles. The van der Waals surface area contributed by atoms with Crippen molar-refractivity contribution in [2.24, 2.45) is 5.92 Å². The highest BCUT2D eigenvalue weighted by Crippen LogP contribution is 2.27. The molecule has 1 N–H and O–H groups in total. The predicted molar refractivity (Wildman–Crippen MR) is 133 cm³/mol. The summed E-state index contributed by atoms with van der Waals surface area (Å²) in [6, 6.07) is 13.4. The number of benzene rings is 2. The van der Waals surface area contributed by atoms with Gasteiger partial charge in [0.2, 0.25) is 15.9 Å². The summed E-state index contributed by atoms with van der Waals surface area (Å²) in [5.74, 6) is -0.457. The van der Waals surface area contributed by atoms with Crippen molar-refractivity contribution in [3.63, 3.8) is 0 Å². The Hall–Kier alpha value is -1.89. The highest BCUT2D eigenvalue weighted by molar-refractivity contribution is 7.88. The lowest BCUT2D eigenvalue weighted by Crippen LogP contribution is -2.46. The maximum atomic E-state index is 13.2. The maximum absolute atomic E-state index is 13.2. The minimum absolute atomic E-state index is 0.0500. The zero-order valence-electron chi connectivity index (χ0n) is 19.2. The number of nitrogens with one attached hydrogen (secondary N) is 1. The van der Waals surface area contributed by atoms with E-state index in [1.54, 1.807) is 24.3 Å². The fourth-order valence-corrected chi connectivity index (χ4v) is 6.71. The third-order valence-electron chi connectivity index (χ3n) is 6.91. The highest BCUT2D eigenvalue weighted by atomic mass is 35.5. The molecule has 0 saturated carbocycles. The van der Waals surface area contributed by atoms with E-state index in [2.05, 4.69) is 30.4 Å². The molecule has 0 unspecified atom stereocenters. The van der Waals surface area contributed by atoms with Crippen molar-refractivity contribution in [2.45, 2.75) is 63.7 Å². The van der Waals surface area contributed by atoms with Crippen LogP contribution in [0.3, 0.4) is 0 Å². The highest BCUT2D eigenvalue weighted by Gasteiger charge is 2.33. The number of carbonyl (C=O) groups excluding carboxylic acids is 1. The van der Waals surface area contributed by atoms with Crippen LogP contribution in [0.1, 0.15) is 67.3 Å². The van der Waals surface area contributed by atoms with Gasteiger partial charge in [-0.15, -0.1) is 0 Å². The molecule has 7 heteroatoms. The first-order valence-corrected chi connectivity index (χ1v) is 14.0. The summed E-state index contributed by atoms with van der Waals surface area (Å²) < 4.78 is 27.5. The first-order chi connectivity index (χ1) is 15.9. The van der Waals surface area contributed by atoms with Crippen molar-refractivity contribution in [1.82, 2.24) is 9.62 Å². The molecule has 1 saturated heterocycles. The normalized spacial score (nSPS) is 20.1. The second-order valence-electron chi connectivity index (χ2n) is 9.28. The maximum Gasteiger partial charge on any atom is 0.224 e. The van der Waals surface area contributed by atoms with Gasteiger partial charge in [0, 0.05) is 18.1 Å². The minimum Gasteiger partial charge on any atom is -0.349 e. The number of carbonyl (C=O) groups is 1. The van der Waals surface area contributed by atoms with Gasteiger partial charge in [-0.2, -0.15) is 0 Å². The lowest BCUT2D eigenvalue weighted by atomic mass is 9.88.